The highest BCUT2D eigenvalue weighted by Crippen LogP contribution is 2.50. The topological polar surface area (TPSA) is 177 Å². The van der Waals surface area contributed by atoms with Crippen LogP contribution in [0.4, 0.5) is 0 Å². The molecule has 29 heavy (non-hydrogen) atoms. The molecule has 4 N–H and O–H groups in total. The first kappa shape index (κ1) is 25.5. The van der Waals surface area contributed by atoms with E-state index in [9.17, 15) is 34.3 Å². The van der Waals surface area contributed by atoms with E-state index in [4.69, 9.17) is 18.9 Å². The molecule has 0 aromatic heterocycles. The number of rotatable bonds is 13. The Morgan fingerprint density at radius 2 is 1.31 bits per heavy atom. The SMILES string of the molecule is CCOP(=O)(CC[C@H]1O[C@H](O)[C@@H](CC(=O)O)[C@@H](CC(=O)O)[C@H]1CC(=O)O)OCC. The van der Waals surface area contributed by atoms with E-state index in [1.807, 2.05) is 0 Å². The second kappa shape index (κ2) is 11.6. The maximum Gasteiger partial charge on any atom is 0.330 e. The van der Waals surface area contributed by atoms with E-state index in [0.29, 0.717) is 0 Å². The van der Waals surface area contributed by atoms with Crippen LogP contribution in [-0.2, 0) is 32.7 Å². The molecule has 1 rings (SSSR count). The van der Waals surface area contributed by atoms with Gasteiger partial charge in [0.1, 0.15) is 0 Å². The second-order valence-corrected chi connectivity index (χ2v) is 8.99. The summed E-state index contributed by atoms with van der Waals surface area (Å²) in [6.45, 7) is 3.54. The number of carboxylic acids is 3. The van der Waals surface area contributed by atoms with Crippen molar-refractivity contribution in [2.24, 2.45) is 17.8 Å². The highest BCUT2D eigenvalue weighted by Gasteiger charge is 2.47. The van der Waals surface area contributed by atoms with Crippen molar-refractivity contribution in [2.45, 2.75) is 51.9 Å². The van der Waals surface area contributed by atoms with Gasteiger partial charge in [-0.05, 0) is 32.1 Å². The van der Waals surface area contributed by atoms with E-state index in [-0.39, 0.29) is 25.8 Å². The molecule has 0 aliphatic carbocycles. The molecule has 5 atom stereocenters. The van der Waals surface area contributed by atoms with Crippen molar-refractivity contribution >= 4 is 25.5 Å². The predicted molar refractivity (Wildman–Crippen MR) is 98.5 cm³/mol. The molecule has 168 valence electrons. The monoisotopic (exact) mass is 440 g/mol. The first-order valence-electron chi connectivity index (χ1n) is 9.40. The number of hydrogen-bond acceptors (Lipinski definition) is 8. The number of ether oxygens (including phenoxy) is 1. The highest BCUT2D eigenvalue weighted by atomic mass is 31.2. The van der Waals surface area contributed by atoms with Crippen LogP contribution < -0.4 is 0 Å². The van der Waals surface area contributed by atoms with Crippen molar-refractivity contribution in [3.63, 3.8) is 0 Å². The van der Waals surface area contributed by atoms with Gasteiger partial charge in [-0.3, -0.25) is 18.9 Å². The minimum absolute atomic E-state index is 0.0117. The lowest BCUT2D eigenvalue weighted by atomic mass is 9.71. The summed E-state index contributed by atoms with van der Waals surface area (Å²) in [5.74, 6) is -6.67. The Morgan fingerprint density at radius 3 is 1.76 bits per heavy atom. The Hall–Kier alpha value is -1.52. The summed E-state index contributed by atoms with van der Waals surface area (Å²) >= 11 is 0. The molecule has 0 bridgehead atoms. The van der Waals surface area contributed by atoms with Gasteiger partial charge in [-0.25, -0.2) is 0 Å². The zero-order chi connectivity index (χ0) is 22.2. The minimum Gasteiger partial charge on any atom is -0.481 e. The van der Waals surface area contributed by atoms with Crippen molar-refractivity contribution in [2.75, 3.05) is 19.4 Å². The van der Waals surface area contributed by atoms with Crippen LogP contribution in [0.5, 0.6) is 0 Å². The molecule has 0 saturated carbocycles. The summed E-state index contributed by atoms with van der Waals surface area (Å²) in [4.78, 5) is 33.9. The molecule has 0 radical (unpaired) electrons. The molecular weight excluding hydrogens is 411 g/mol. The number of hydrogen-bond donors (Lipinski definition) is 4. The number of aliphatic hydroxyl groups is 1. The van der Waals surface area contributed by atoms with Crippen LogP contribution in [-0.4, -0.2) is 70.1 Å². The molecule has 1 aliphatic heterocycles. The van der Waals surface area contributed by atoms with Gasteiger partial charge in [-0.1, -0.05) is 0 Å². The molecule has 0 unspecified atom stereocenters. The Bertz CT molecular complexity index is 613. The second-order valence-electron chi connectivity index (χ2n) is 6.81. The zero-order valence-electron chi connectivity index (χ0n) is 16.4. The Kier molecular flexibility index (Phi) is 10.2. The third-order valence-electron chi connectivity index (χ3n) is 4.83. The van der Waals surface area contributed by atoms with E-state index in [0.717, 1.165) is 0 Å². The van der Waals surface area contributed by atoms with Gasteiger partial charge in [0, 0.05) is 12.3 Å². The fourth-order valence-corrected chi connectivity index (χ4v) is 5.45. The molecule has 1 saturated heterocycles. The van der Waals surface area contributed by atoms with Crippen LogP contribution in [0, 0.1) is 17.8 Å². The fourth-order valence-electron chi connectivity index (χ4n) is 3.76. The minimum atomic E-state index is -3.47. The van der Waals surface area contributed by atoms with Gasteiger partial charge in [0.2, 0.25) is 0 Å². The Labute approximate surface area is 168 Å². The Morgan fingerprint density at radius 1 is 0.862 bits per heavy atom. The largest absolute Gasteiger partial charge is 0.481 e. The third-order valence-corrected chi connectivity index (χ3v) is 6.94. The number of aliphatic hydroxyl groups excluding tert-OH is 1. The van der Waals surface area contributed by atoms with Gasteiger partial charge in [-0.15, -0.1) is 0 Å². The van der Waals surface area contributed by atoms with E-state index < -0.39 is 74.9 Å². The van der Waals surface area contributed by atoms with E-state index >= 15 is 0 Å². The lowest BCUT2D eigenvalue weighted by molar-refractivity contribution is -0.239. The first-order chi connectivity index (χ1) is 13.5. The summed E-state index contributed by atoms with van der Waals surface area (Å²) in [6, 6.07) is 0. The molecule has 11 nitrogen and oxygen atoms in total. The van der Waals surface area contributed by atoms with Gasteiger partial charge in [0.25, 0.3) is 0 Å². The molecule has 1 fully saturated rings. The predicted octanol–water partition coefficient (Wildman–Crippen LogP) is 1.63. The van der Waals surface area contributed by atoms with Crippen LogP contribution in [0.1, 0.15) is 39.5 Å². The summed E-state index contributed by atoms with van der Waals surface area (Å²) in [6.07, 6.45) is -4.26. The molecular formula is C17H29O11P. The van der Waals surface area contributed by atoms with Gasteiger partial charge in [0.15, 0.2) is 6.29 Å². The average molecular weight is 440 g/mol. The summed E-state index contributed by atoms with van der Waals surface area (Å²) in [5.41, 5.74) is 0. The van der Waals surface area contributed by atoms with E-state index in [1.165, 1.54) is 0 Å². The Balaban J connectivity index is 3.13. The van der Waals surface area contributed by atoms with Crippen LogP contribution in [0.2, 0.25) is 0 Å². The maximum absolute atomic E-state index is 12.7. The van der Waals surface area contributed by atoms with Crippen molar-refractivity contribution in [1.29, 1.82) is 0 Å². The summed E-state index contributed by atoms with van der Waals surface area (Å²) in [5, 5.41) is 37.9. The van der Waals surface area contributed by atoms with Crippen LogP contribution in [0.3, 0.4) is 0 Å². The fraction of sp³-hybridized carbons (Fsp3) is 0.824. The lowest BCUT2D eigenvalue weighted by Gasteiger charge is -2.44. The van der Waals surface area contributed by atoms with Crippen LogP contribution in [0.25, 0.3) is 0 Å². The maximum atomic E-state index is 12.7. The van der Waals surface area contributed by atoms with Gasteiger partial charge in [-0.2, -0.15) is 0 Å². The van der Waals surface area contributed by atoms with Crippen molar-refractivity contribution in [3.8, 4) is 0 Å². The van der Waals surface area contributed by atoms with Crippen molar-refractivity contribution < 1.29 is 53.2 Å². The molecule has 0 aromatic rings. The molecule has 12 heteroatoms. The average Bonchev–Trinajstić information content (AvgIpc) is 2.58. The van der Waals surface area contributed by atoms with Gasteiger partial charge < -0.3 is 34.2 Å². The first-order valence-corrected chi connectivity index (χ1v) is 11.1. The standard InChI is InChI=1S/C17H29O11P/c1-3-26-29(25,27-4-2)6-5-13-11(8-15(20)21)10(7-14(18)19)12(9-16(22)23)17(24)28-13/h10-13,17,24H,3-9H2,1-2H3,(H,18,19)(H,20,21)(H,22,23)/t10-,11+,12-,13+,17-/m0/s1. The zero-order valence-corrected chi connectivity index (χ0v) is 17.3. The molecule has 1 heterocycles. The molecule has 0 aromatic carbocycles. The highest BCUT2D eigenvalue weighted by molar-refractivity contribution is 7.53. The summed E-state index contributed by atoms with van der Waals surface area (Å²) < 4.78 is 28.6. The smallest absolute Gasteiger partial charge is 0.330 e. The van der Waals surface area contributed by atoms with E-state index in [2.05, 4.69) is 0 Å². The third kappa shape index (κ3) is 8.02. The van der Waals surface area contributed by atoms with Gasteiger partial charge in [0.05, 0.1) is 38.3 Å². The number of carbonyl (C=O) groups is 3. The van der Waals surface area contributed by atoms with Gasteiger partial charge >= 0.3 is 25.5 Å². The van der Waals surface area contributed by atoms with Crippen molar-refractivity contribution in [3.05, 3.63) is 0 Å². The quantitative estimate of drug-likeness (QED) is 0.306. The molecule has 0 amide bonds. The number of aliphatic carboxylic acids is 3. The molecule has 1 aliphatic rings. The number of carboxylic acid groups (broad SMARTS) is 3. The van der Waals surface area contributed by atoms with Crippen LogP contribution in [0.15, 0.2) is 0 Å². The lowest BCUT2D eigenvalue weighted by Crippen LogP contribution is -2.50. The summed E-state index contributed by atoms with van der Waals surface area (Å²) in [7, 11) is -3.47. The normalized spacial score (nSPS) is 27.5. The van der Waals surface area contributed by atoms with Crippen molar-refractivity contribution in [1.82, 2.24) is 0 Å². The van der Waals surface area contributed by atoms with E-state index in [1.54, 1.807) is 13.8 Å². The van der Waals surface area contributed by atoms with Crippen LogP contribution >= 0.6 is 7.60 Å². The molecule has 0 spiro atoms.